The minimum atomic E-state index is -0.265. The van der Waals surface area contributed by atoms with E-state index in [0.717, 1.165) is 16.7 Å². The number of nitrogens with one attached hydrogen (secondary N) is 1. The molecule has 162 valence electrons. The molecule has 31 heavy (non-hydrogen) atoms. The van der Waals surface area contributed by atoms with Crippen LogP contribution in [-0.2, 0) is 22.7 Å². The van der Waals surface area contributed by atoms with Crippen molar-refractivity contribution in [3.63, 3.8) is 0 Å². The highest BCUT2D eigenvalue weighted by Gasteiger charge is 2.17. The summed E-state index contributed by atoms with van der Waals surface area (Å²) >= 11 is 12.5. The summed E-state index contributed by atoms with van der Waals surface area (Å²) in [7, 11) is 0. The first-order chi connectivity index (χ1) is 14.9. The second kappa shape index (κ2) is 11.1. The number of hydrogen-bond donors (Lipinski definition) is 1. The first-order valence-electron chi connectivity index (χ1n) is 10.0. The van der Waals surface area contributed by atoms with Crippen LogP contribution >= 0.6 is 23.2 Å². The molecule has 3 aromatic rings. The number of hydrogen-bond acceptors (Lipinski definition) is 3. The van der Waals surface area contributed by atoms with Gasteiger partial charge in [0.05, 0.1) is 19.5 Å². The lowest BCUT2D eigenvalue weighted by Crippen LogP contribution is -2.28. The number of imidazole rings is 1. The van der Waals surface area contributed by atoms with Gasteiger partial charge in [0.15, 0.2) is 0 Å². The van der Waals surface area contributed by atoms with E-state index in [9.17, 15) is 4.79 Å². The smallest absolute Gasteiger partial charge is 0.244 e. The number of benzene rings is 2. The molecule has 1 N–H and O–H groups in total. The minimum Gasteiger partial charge on any atom is -0.367 e. The van der Waals surface area contributed by atoms with Gasteiger partial charge in [0.1, 0.15) is 6.10 Å². The van der Waals surface area contributed by atoms with E-state index in [1.807, 2.05) is 61.0 Å². The number of halogens is 2. The maximum atomic E-state index is 11.7. The summed E-state index contributed by atoms with van der Waals surface area (Å²) < 4.78 is 8.18. The predicted molar refractivity (Wildman–Crippen MR) is 125 cm³/mol. The van der Waals surface area contributed by atoms with Crippen LogP contribution in [0.5, 0.6) is 0 Å². The third-order valence-corrected chi connectivity index (χ3v) is 5.10. The lowest BCUT2D eigenvalue weighted by atomic mass is 10.1. The van der Waals surface area contributed by atoms with E-state index < -0.39 is 0 Å². The van der Waals surface area contributed by atoms with Gasteiger partial charge in [-0.15, -0.1) is 0 Å². The molecule has 5 nitrogen and oxygen atoms in total. The normalized spacial score (nSPS) is 12.4. The van der Waals surface area contributed by atoms with Gasteiger partial charge in [-0.2, -0.15) is 0 Å². The lowest BCUT2D eigenvalue weighted by molar-refractivity contribution is -0.116. The Kier molecular flexibility index (Phi) is 8.29. The first kappa shape index (κ1) is 23.1. The van der Waals surface area contributed by atoms with E-state index in [1.165, 1.54) is 6.08 Å². The van der Waals surface area contributed by atoms with Crippen molar-refractivity contribution < 1.29 is 9.53 Å². The number of ether oxygens (including phenoxy) is 1. The van der Waals surface area contributed by atoms with Gasteiger partial charge in [0, 0.05) is 40.1 Å². The summed E-state index contributed by atoms with van der Waals surface area (Å²) in [6.45, 7) is 4.85. The summed E-state index contributed by atoms with van der Waals surface area (Å²) in [5.74, 6) is -0.107. The van der Waals surface area contributed by atoms with Crippen LogP contribution in [0.2, 0.25) is 10.0 Å². The number of amides is 1. The van der Waals surface area contributed by atoms with Crippen LogP contribution in [0.15, 0.2) is 67.3 Å². The maximum absolute atomic E-state index is 11.7. The van der Waals surface area contributed by atoms with Crippen molar-refractivity contribution in [2.45, 2.75) is 39.1 Å². The molecular formula is C24H25Cl2N3O2. The Morgan fingerprint density at radius 1 is 1.19 bits per heavy atom. The Labute approximate surface area is 192 Å². The second-order valence-corrected chi connectivity index (χ2v) is 8.31. The SMILES string of the molecule is CC(C)NC(=O)/C=C/c1ccc(COC(Cn2ccnc2)c2ccc(Cl)cc2Cl)cc1. The molecule has 1 unspecified atom stereocenters. The molecule has 0 aliphatic heterocycles. The van der Waals surface area contributed by atoms with Crippen LogP contribution in [0.1, 0.15) is 36.6 Å². The Morgan fingerprint density at radius 3 is 2.61 bits per heavy atom. The molecule has 0 radical (unpaired) electrons. The van der Waals surface area contributed by atoms with Crippen molar-refractivity contribution in [1.29, 1.82) is 0 Å². The topological polar surface area (TPSA) is 56.1 Å². The average molecular weight is 458 g/mol. The zero-order chi connectivity index (χ0) is 22.2. The molecule has 0 aliphatic carbocycles. The molecule has 7 heteroatoms. The molecule has 3 rings (SSSR count). The predicted octanol–water partition coefficient (Wildman–Crippen LogP) is 5.69. The van der Waals surface area contributed by atoms with Gasteiger partial charge in [-0.05, 0) is 43.2 Å². The average Bonchev–Trinajstić information content (AvgIpc) is 3.23. The fraction of sp³-hybridized carbons (Fsp3) is 0.250. The van der Waals surface area contributed by atoms with E-state index in [0.29, 0.717) is 23.2 Å². The van der Waals surface area contributed by atoms with E-state index >= 15 is 0 Å². The van der Waals surface area contributed by atoms with Crippen molar-refractivity contribution in [1.82, 2.24) is 14.9 Å². The van der Waals surface area contributed by atoms with Crippen LogP contribution in [0.3, 0.4) is 0 Å². The van der Waals surface area contributed by atoms with Gasteiger partial charge in [0.25, 0.3) is 0 Å². The van der Waals surface area contributed by atoms with E-state index in [2.05, 4.69) is 10.3 Å². The molecule has 0 aliphatic rings. The third-order valence-electron chi connectivity index (χ3n) is 4.53. The zero-order valence-electron chi connectivity index (χ0n) is 17.5. The number of carbonyl (C=O) groups is 1. The Morgan fingerprint density at radius 2 is 1.97 bits per heavy atom. The van der Waals surface area contributed by atoms with Crippen molar-refractivity contribution in [2.24, 2.45) is 0 Å². The molecule has 1 atom stereocenters. The van der Waals surface area contributed by atoms with Gasteiger partial charge in [0.2, 0.25) is 5.91 Å². The molecule has 0 saturated carbocycles. The van der Waals surface area contributed by atoms with Crippen molar-refractivity contribution in [3.8, 4) is 0 Å². The van der Waals surface area contributed by atoms with Gasteiger partial charge in [-0.25, -0.2) is 4.98 Å². The largest absolute Gasteiger partial charge is 0.367 e. The third kappa shape index (κ3) is 7.24. The summed E-state index contributed by atoms with van der Waals surface area (Å²) in [5.41, 5.74) is 2.83. The molecule has 0 saturated heterocycles. The van der Waals surface area contributed by atoms with Crippen LogP contribution < -0.4 is 5.32 Å². The Hall–Kier alpha value is -2.60. The summed E-state index contributed by atoms with van der Waals surface area (Å²) in [6, 6.07) is 13.4. The van der Waals surface area contributed by atoms with Crippen molar-refractivity contribution >= 4 is 35.2 Å². The molecule has 2 aromatic carbocycles. The van der Waals surface area contributed by atoms with Gasteiger partial charge in [-0.3, -0.25) is 4.79 Å². The highest BCUT2D eigenvalue weighted by atomic mass is 35.5. The highest BCUT2D eigenvalue weighted by Crippen LogP contribution is 2.30. The Bertz CT molecular complexity index is 1020. The van der Waals surface area contributed by atoms with Gasteiger partial charge < -0.3 is 14.6 Å². The van der Waals surface area contributed by atoms with Gasteiger partial charge in [-0.1, -0.05) is 53.5 Å². The van der Waals surface area contributed by atoms with Crippen LogP contribution in [0, 0.1) is 0 Å². The summed E-state index contributed by atoms with van der Waals surface area (Å²) in [5, 5.41) is 3.98. The molecule has 1 amide bonds. The zero-order valence-corrected chi connectivity index (χ0v) is 19.0. The first-order valence-corrected chi connectivity index (χ1v) is 10.8. The van der Waals surface area contributed by atoms with Crippen molar-refractivity contribution in [3.05, 3.63) is 94.0 Å². The van der Waals surface area contributed by atoms with E-state index in [-0.39, 0.29) is 18.1 Å². The molecule has 0 fully saturated rings. The summed E-state index contributed by atoms with van der Waals surface area (Å²) in [6.07, 6.45) is 8.42. The fourth-order valence-corrected chi connectivity index (χ4v) is 3.55. The Balaban J connectivity index is 1.67. The monoisotopic (exact) mass is 457 g/mol. The standard InChI is InChI=1S/C24H25Cl2N3O2/c1-17(2)28-24(30)10-7-18-3-5-19(6-4-18)15-31-23(14-29-12-11-27-16-29)21-9-8-20(25)13-22(21)26/h3-13,16-17,23H,14-15H2,1-2H3,(H,28,30)/b10-7+. The van der Waals surface area contributed by atoms with Gasteiger partial charge >= 0.3 is 0 Å². The molecule has 1 heterocycles. The van der Waals surface area contributed by atoms with Crippen molar-refractivity contribution in [2.75, 3.05) is 0 Å². The van der Waals surface area contributed by atoms with Crippen LogP contribution in [0.4, 0.5) is 0 Å². The highest BCUT2D eigenvalue weighted by molar-refractivity contribution is 6.35. The van der Waals surface area contributed by atoms with Crippen LogP contribution in [0.25, 0.3) is 6.08 Å². The lowest BCUT2D eigenvalue weighted by Gasteiger charge is -2.20. The second-order valence-electron chi connectivity index (χ2n) is 7.46. The number of rotatable bonds is 9. The molecule has 0 spiro atoms. The number of aromatic nitrogens is 2. The quantitative estimate of drug-likeness (QED) is 0.420. The van der Waals surface area contributed by atoms with E-state index in [4.69, 9.17) is 27.9 Å². The summed E-state index contributed by atoms with van der Waals surface area (Å²) in [4.78, 5) is 15.8. The molecular weight excluding hydrogens is 433 g/mol. The maximum Gasteiger partial charge on any atom is 0.244 e. The minimum absolute atomic E-state index is 0.107. The number of nitrogens with zero attached hydrogens (tertiary/aromatic N) is 2. The van der Waals surface area contributed by atoms with E-state index in [1.54, 1.807) is 24.7 Å². The molecule has 1 aromatic heterocycles. The fourth-order valence-electron chi connectivity index (χ4n) is 3.02. The number of carbonyl (C=O) groups excluding carboxylic acids is 1. The molecule has 0 bridgehead atoms. The van der Waals surface area contributed by atoms with Crippen LogP contribution in [-0.4, -0.2) is 21.5 Å².